The van der Waals surface area contributed by atoms with Crippen molar-refractivity contribution in [1.29, 1.82) is 0 Å². The zero-order chi connectivity index (χ0) is 15.1. The Kier molecular flexibility index (Phi) is 6.31. The highest BCUT2D eigenvalue weighted by molar-refractivity contribution is 5.77. The van der Waals surface area contributed by atoms with Gasteiger partial charge < -0.3 is 19.7 Å². The molecule has 0 bridgehead atoms. The van der Waals surface area contributed by atoms with Crippen molar-refractivity contribution in [3.05, 3.63) is 23.8 Å². The number of ether oxygens (including phenoxy) is 2. The van der Waals surface area contributed by atoms with Crippen LogP contribution in [0.3, 0.4) is 0 Å². The largest absolute Gasteiger partial charge is 0.493 e. The van der Waals surface area contributed by atoms with Crippen LogP contribution in [0.5, 0.6) is 11.5 Å². The molecule has 1 atom stereocenters. The summed E-state index contributed by atoms with van der Waals surface area (Å²) in [6.45, 7) is 5.07. The molecule has 0 radical (unpaired) electrons. The first-order valence-electron chi connectivity index (χ1n) is 6.73. The summed E-state index contributed by atoms with van der Waals surface area (Å²) >= 11 is 0. The lowest BCUT2D eigenvalue weighted by Crippen LogP contribution is -2.27. The molecule has 0 heterocycles. The van der Waals surface area contributed by atoms with Crippen LogP contribution in [0, 0.1) is 0 Å². The zero-order valence-corrected chi connectivity index (χ0v) is 12.9. The van der Waals surface area contributed by atoms with Crippen molar-refractivity contribution in [2.45, 2.75) is 19.9 Å². The molecule has 0 saturated heterocycles. The SMILES string of the molecule is CCNC(C)c1ccc(OCC(=O)N(C)C)c(OC)c1. The third kappa shape index (κ3) is 4.42. The van der Waals surface area contributed by atoms with Gasteiger partial charge in [0.25, 0.3) is 5.91 Å². The fourth-order valence-corrected chi connectivity index (χ4v) is 1.77. The van der Waals surface area contributed by atoms with Crippen LogP contribution < -0.4 is 14.8 Å². The Bertz CT molecular complexity index is 447. The van der Waals surface area contributed by atoms with E-state index in [0.717, 1.165) is 12.1 Å². The molecule has 5 heteroatoms. The first kappa shape index (κ1) is 16.3. The summed E-state index contributed by atoms with van der Waals surface area (Å²) in [6.07, 6.45) is 0. The van der Waals surface area contributed by atoms with E-state index in [-0.39, 0.29) is 18.6 Å². The van der Waals surface area contributed by atoms with Gasteiger partial charge in [0.15, 0.2) is 18.1 Å². The second-order valence-electron chi connectivity index (χ2n) is 4.77. The van der Waals surface area contributed by atoms with Crippen molar-refractivity contribution in [2.75, 3.05) is 34.4 Å². The van der Waals surface area contributed by atoms with Gasteiger partial charge >= 0.3 is 0 Å². The maximum absolute atomic E-state index is 11.5. The summed E-state index contributed by atoms with van der Waals surface area (Å²) in [7, 11) is 4.99. The summed E-state index contributed by atoms with van der Waals surface area (Å²) in [5.74, 6) is 1.13. The topological polar surface area (TPSA) is 50.8 Å². The second-order valence-corrected chi connectivity index (χ2v) is 4.77. The second kappa shape index (κ2) is 7.75. The van der Waals surface area contributed by atoms with Crippen LogP contribution >= 0.6 is 0 Å². The van der Waals surface area contributed by atoms with Gasteiger partial charge in [-0.05, 0) is 31.2 Å². The molecule has 0 aliphatic rings. The number of amides is 1. The monoisotopic (exact) mass is 280 g/mol. The summed E-state index contributed by atoms with van der Waals surface area (Å²) in [5.41, 5.74) is 1.12. The number of methoxy groups -OCH3 is 1. The number of rotatable bonds is 7. The number of nitrogens with zero attached hydrogens (tertiary/aromatic N) is 1. The third-order valence-electron chi connectivity index (χ3n) is 3.05. The van der Waals surface area contributed by atoms with Crippen molar-refractivity contribution >= 4 is 5.91 Å². The van der Waals surface area contributed by atoms with Crippen molar-refractivity contribution in [3.8, 4) is 11.5 Å². The van der Waals surface area contributed by atoms with E-state index in [9.17, 15) is 4.79 Å². The van der Waals surface area contributed by atoms with E-state index in [2.05, 4.69) is 19.2 Å². The van der Waals surface area contributed by atoms with Crippen molar-refractivity contribution in [1.82, 2.24) is 10.2 Å². The van der Waals surface area contributed by atoms with Crippen molar-refractivity contribution < 1.29 is 14.3 Å². The Balaban J connectivity index is 2.80. The Labute approximate surface area is 120 Å². The lowest BCUT2D eigenvalue weighted by molar-refractivity contribution is -0.130. The van der Waals surface area contributed by atoms with Crippen molar-refractivity contribution in [2.24, 2.45) is 0 Å². The number of carbonyl (C=O) groups is 1. The minimum Gasteiger partial charge on any atom is -0.493 e. The number of carbonyl (C=O) groups excluding carboxylic acids is 1. The minimum absolute atomic E-state index is 0.00543. The van der Waals surface area contributed by atoms with E-state index in [0.29, 0.717) is 11.5 Å². The molecule has 112 valence electrons. The predicted octanol–water partition coefficient (Wildman–Crippen LogP) is 1.83. The molecule has 1 N–H and O–H groups in total. The average molecular weight is 280 g/mol. The van der Waals surface area contributed by atoms with E-state index < -0.39 is 0 Å². The molecule has 0 aliphatic heterocycles. The maximum Gasteiger partial charge on any atom is 0.259 e. The van der Waals surface area contributed by atoms with E-state index in [4.69, 9.17) is 9.47 Å². The Morgan fingerprint density at radius 3 is 2.60 bits per heavy atom. The molecule has 1 rings (SSSR count). The summed E-state index contributed by atoms with van der Waals surface area (Å²) in [5, 5.41) is 3.34. The van der Waals surface area contributed by atoms with Gasteiger partial charge in [0.05, 0.1) is 7.11 Å². The van der Waals surface area contributed by atoms with Crippen LogP contribution in [0.1, 0.15) is 25.5 Å². The molecule has 0 spiro atoms. The normalized spacial score (nSPS) is 11.8. The molecule has 1 unspecified atom stereocenters. The molecule has 1 aromatic rings. The first-order chi connectivity index (χ1) is 9.49. The lowest BCUT2D eigenvalue weighted by Gasteiger charge is -2.17. The summed E-state index contributed by atoms with van der Waals surface area (Å²) in [4.78, 5) is 13.0. The molecule has 0 aromatic heterocycles. The molecule has 0 aliphatic carbocycles. The molecule has 20 heavy (non-hydrogen) atoms. The Morgan fingerprint density at radius 2 is 2.05 bits per heavy atom. The predicted molar refractivity (Wildman–Crippen MR) is 79.3 cm³/mol. The smallest absolute Gasteiger partial charge is 0.259 e. The molecular weight excluding hydrogens is 256 g/mol. The van der Waals surface area contributed by atoms with Crippen LogP contribution in [0.4, 0.5) is 0 Å². The van der Waals surface area contributed by atoms with Gasteiger partial charge in [-0.2, -0.15) is 0 Å². The van der Waals surface area contributed by atoms with Gasteiger partial charge in [-0.1, -0.05) is 13.0 Å². The molecule has 5 nitrogen and oxygen atoms in total. The average Bonchev–Trinajstić information content (AvgIpc) is 2.44. The van der Waals surface area contributed by atoms with Gasteiger partial charge in [0.1, 0.15) is 0 Å². The van der Waals surface area contributed by atoms with Crippen LogP contribution in [0.15, 0.2) is 18.2 Å². The fourth-order valence-electron chi connectivity index (χ4n) is 1.77. The first-order valence-corrected chi connectivity index (χ1v) is 6.73. The van der Waals surface area contributed by atoms with Gasteiger partial charge in [0.2, 0.25) is 0 Å². The van der Waals surface area contributed by atoms with Crippen LogP contribution in [-0.4, -0.2) is 45.2 Å². The Hall–Kier alpha value is -1.75. The minimum atomic E-state index is -0.0860. The molecular formula is C15H24N2O3. The van der Waals surface area contributed by atoms with Crippen molar-refractivity contribution in [3.63, 3.8) is 0 Å². The molecule has 1 amide bonds. The van der Waals surface area contributed by atoms with E-state index >= 15 is 0 Å². The van der Waals surface area contributed by atoms with E-state index in [1.807, 2.05) is 18.2 Å². The molecule has 1 aromatic carbocycles. The molecule has 0 saturated carbocycles. The van der Waals surface area contributed by atoms with Crippen LogP contribution in [-0.2, 0) is 4.79 Å². The standard InChI is InChI=1S/C15H24N2O3/c1-6-16-11(2)12-7-8-13(14(9-12)19-5)20-10-15(18)17(3)4/h7-9,11,16H,6,10H2,1-5H3. The number of likely N-dealkylation sites (N-methyl/N-ethyl adjacent to an activating group) is 1. The highest BCUT2D eigenvalue weighted by Gasteiger charge is 2.12. The van der Waals surface area contributed by atoms with Crippen LogP contribution in [0.2, 0.25) is 0 Å². The summed E-state index contributed by atoms with van der Waals surface area (Å²) < 4.78 is 10.8. The number of benzene rings is 1. The third-order valence-corrected chi connectivity index (χ3v) is 3.05. The van der Waals surface area contributed by atoms with Gasteiger partial charge in [-0.3, -0.25) is 4.79 Å². The fraction of sp³-hybridized carbons (Fsp3) is 0.533. The number of hydrogen-bond donors (Lipinski definition) is 1. The van der Waals surface area contributed by atoms with Gasteiger partial charge in [-0.25, -0.2) is 0 Å². The van der Waals surface area contributed by atoms with Gasteiger partial charge in [-0.15, -0.1) is 0 Å². The van der Waals surface area contributed by atoms with Crippen LogP contribution in [0.25, 0.3) is 0 Å². The highest BCUT2D eigenvalue weighted by Crippen LogP contribution is 2.30. The number of nitrogens with one attached hydrogen (secondary N) is 1. The maximum atomic E-state index is 11.5. The number of hydrogen-bond acceptors (Lipinski definition) is 4. The zero-order valence-electron chi connectivity index (χ0n) is 12.9. The Morgan fingerprint density at radius 1 is 1.35 bits per heavy atom. The van der Waals surface area contributed by atoms with E-state index in [1.165, 1.54) is 4.90 Å². The van der Waals surface area contributed by atoms with Gasteiger partial charge in [0, 0.05) is 20.1 Å². The van der Waals surface area contributed by atoms with E-state index in [1.54, 1.807) is 21.2 Å². The quantitative estimate of drug-likeness (QED) is 0.828. The summed E-state index contributed by atoms with van der Waals surface area (Å²) in [6, 6.07) is 5.99. The highest BCUT2D eigenvalue weighted by atomic mass is 16.5. The molecule has 0 fully saturated rings. The lowest BCUT2D eigenvalue weighted by atomic mass is 10.1.